The third kappa shape index (κ3) is 4.31. The normalized spacial score (nSPS) is 12.7. The number of carbonyl (C=O) groups is 1. The van der Waals surface area contributed by atoms with E-state index in [0.29, 0.717) is 22.0 Å². The first-order valence-electron chi connectivity index (χ1n) is 9.99. The number of halogens is 1. The zero-order chi connectivity index (χ0) is 23.9. The van der Waals surface area contributed by atoms with Crippen LogP contribution in [0.1, 0.15) is 40.0 Å². The van der Waals surface area contributed by atoms with Gasteiger partial charge in [0, 0.05) is 34.3 Å². The first-order chi connectivity index (χ1) is 15.6. The van der Waals surface area contributed by atoms with Gasteiger partial charge in [-0.15, -0.1) is 0 Å². The number of aromatic carboxylic acids is 1. The van der Waals surface area contributed by atoms with Gasteiger partial charge in [0.05, 0.1) is 17.5 Å². The summed E-state index contributed by atoms with van der Waals surface area (Å²) in [7, 11) is -3.44. The zero-order valence-corrected chi connectivity index (χ0v) is 18.6. The number of carboxylic acids is 1. The van der Waals surface area contributed by atoms with E-state index < -0.39 is 38.9 Å². The first kappa shape index (κ1) is 22.5. The van der Waals surface area contributed by atoms with Gasteiger partial charge in [0.1, 0.15) is 11.5 Å². The van der Waals surface area contributed by atoms with E-state index in [9.17, 15) is 27.5 Å². The molecule has 0 aliphatic rings. The van der Waals surface area contributed by atoms with Crippen molar-refractivity contribution in [2.75, 3.05) is 6.26 Å². The van der Waals surface area contributed by atoms with E-state index >= 15 is 0 Å². The topological polar surface area (TPSA) is 117 Å². The van der Waals surface area contributed by atoms with Gasteiger partial charge in [-0.05, 0) is 29.3 Å². The fourth-order valence-corrected chi connectivity index (χ4v) is 4.83. The smallest absolute Gasteiger partial charge is 0.352 e. The van der Waals surface area contributed by atoms with Gasteiger partial charge < -0.3 is 14.5 Å². The van der Waals surface area contributed by atoms with Crippen molar-refractivity contribution in [1.82, 2.24) is 4.98 Å². The van der Waals surface area contributed by atoms with Crippen molar-refractivity contribution < 1.29 is 27.1 Å². The maximum atomic E-state index is 14.7. The van der Waals surface area contributed by atoms with Gasteiger partial charge >= 0.3 is 11.6 Å². The second-order valence-corrected chi connectivity index (χ2v) is 10.0. The van der Waals surface area contributed by atoms with Gasteiger partial charge in [-0.3, -0.25) is 0 Å². The highest BCUT2D eigenvalue weighted by Gasteiger charge is 2.24. The highest BCUT2D eigenvalue weighted by Crippen LogP contribution is 2.37. The summed E-state index contributed by atoms with van der Waals surface area (Å²) < 4.78 is 42.8. The second kappa shape index (κ2) is 8.32. The molecule has 0 amide bonds. The summed E-state index contributed by atoms with van der Waals surface area (Å²) >= 11 is 0. The lowest BCUT2D eigenvalue weighted by Crippen LogP contribution is -2.10. The van der Waals surface area contributed by atoms with Crippen molar-refractivity contribution in [2.24, 2.45) is 0 Å². The lowest BCUT2D eigenvalue weighted by atomic mass is 9.91. The number of para-hydroxylation sites is 1. The molecule has 7 nitrogen and oxygen atoms in total. The van der Waals surface area contributed by atoms with Crippen LogP contribution in [-0.4, -0.2) is 30.7 Å². The Kier molecular flexibility index (Phi) is 5.67. The molecule has 0 aliphatic carbocycles. The van der Waals surface area contributed by atoms with Gasteiger partial charge in [-0.2, -0.15) is 0 Å². The molecule has 2 N–H and O–H groups in total. The Labute approximate surface area is 188 Å². The van der Waals surface area contributed by atoms with E-state index in [1.54, 1.807) is 30.3 Å². The van der Waals surface area contributed by atoms with Crippen molar-refractivity contribution >= 4 is 26.7 Å². The number of nitrogens with one attached hydrogen (secondary N) is 1. The van der Waals surface area contributed by atoms with Crippen LogP contribution in [0, 0.1) is 5.82 Å². The number of aromatic nitrogens is 1. The standard InChI is InChI=1S/C24H20FNO6S/c1-13(17-7-4-10-32-24(17)29)16-5-3-6-18-20(22(23(27)28)26-21(16)18)14-8-9-15(19(25)11-14)12-33(2,30)31/h3-11,13,26H,12H2,1-2H3,(H,27,28). The SMILES string of the molecule is CC(c1cccoc1=O)c1cccc2c(-c3ccc(CS(C)(=O)=O)c(F)c3)c(C(=O)O)[nH]c12. The van der Waals surface area contributed by atoms with Crippen LogP contribution in [-0.2, 0) is 15.6 Å². The van der Waals surface area contributed by atoms with E-state index in [4.69, 9.17) is 4.42 Å². The van der Waals surface area contributed by atoms with Crippen LogP contribution < -0.4 is 5.63 Å². The Morgan fingerprint density at radius 3 is 2.52 bits per heavy atom. The maximum Gasteiger partial charge on any atom is 0.352 e. The molecule has 33 heavy (non-hydrogen) atoms. The van der Waals surface area contributed by atoms with Crippen LogP contribution in [0.25, 0.3) is 22.0 Å². The number of fused-ring (bicyclic) bond motifs is 1. The van der Waals surface area contributed by atoms with Crippen LogP contribution >= 0.6 is 0 Å². The largest absolute Gasteiger partial charge is 0.477 e. The van der Waals surface area contributed by atoms with Gasteiger partial charge in [-0.25, -0.2) is 22.4 Å². The highest BCUT2D eigenvalue weighted by atomic mass is 32.2. The number of sulfone groups is 1. The van der Waals surface area contributed by atoms with Crippen molar-refractivity contribution in [3.63, 3.8) is 0 Å². The maximum absolute atomic E-state index is 14.7. The molecule has 2 heterocycles. The Balaban J connectivity index is 1.92. The fraction of sp³-hybridized carbons (Fsp3) is 0.167. The molecule has 0 fully saturated rings. The molecular weight excluding hydrogens is 449 g/mol. The van der Waals surface area contributed by atoms with Crippen LogP contribution in [0.3, 0.4) is 0 Å². The van der Waals surface area contributed by atoms with Crippen molar-refractivity contribution in [1.29, 1.82) is 0 Å². The Bertz CT molecular complexity index is 1550. The summed E-state index contributed by atoms with van der Waals surface area (Å²) in [6, 6.07) is 12.5. The molecule has 4 rings (SSSR count). The lowest BCUT2D eigenvalue weighted by Gasteiger charge is -2.12. The molecule has 1 unspecified atom stereocenters. The van der Waals surface area contributed by atoms with Crippen molar-refractivity contribution in [3.05, 3.63) is 93.4 Å². The molecule has 2 aromatic carbocycles. The van der Waals surface area contributed by atoms with Crippen LogP contribution in [0.4, 0.5) is 4.39 Å². The summed E-state index contributed by atoms with van der Waals surface area (Å²) in [5, 5.41) is 10.4. The number of aromatic amines is 1. The average molecular weight is 469 g/mol. The third-order valence-corrected chi connectivity index (χ3v) is 6.37. The lowest BCUT2D eigenvalue weighted by molar-refractivity contribution is 0.0692. The molecule has 0 spiro atoms. The molecule has 170 valence electrons. The molecule has 0 bridgehead atoms. The molecule has 2 aromatic heterocycles. The monoisotopic (exact) mass is 469 g/mol. The molecule has 0 aliphatic heterocycles. The van der Waals surface area contributed by atoms with Gasteiger partial charge in [0.25, 0.3) is 0 Å². The van der Waals surface area contributed by atoms with Crippen LogP contribution in [0.5, 0.6) is 0 Å². The molecule has 4 aromatic rings. The van der Waals surface area contributed by atoms with E-state index in [2.05, 4.69) is 4.98 Å². The number of hydrogen-bond acceptors (Lipinski definition) is 5. The summed E-state index contributed by atoms with van der Waals surface area (Å²) in [5.41, 5.74) is 1.53. The molecular formula is C24H20FNO6S. The van der Waals surface area contributed by atoms with Crippen molar-refractivity contribution in [3.8, 4) is 11.1 Å². The minimum atomic E-state index is -3.44. The second-order valence-electron chi connectivity index (χ2n) is 7.90. The predicted octanol–water partition coefficient (Wildman–Crippen LogP) is 4.32. The van der Waals surface area contributed by atoms with Crippen LogP contribution in [0.2, 0.25) is 0 Å². The van der Waals surface area contributed by atoms with E-state index in [1.807, 2.05) is 6.92 Å². The summed E-state index contributed by atoms with van der Waals surface area (Å²) in [6.45, 7) is 1.81. The van der Waals surface area contributed by atoms with Gasteiger partial charge in [0.2, 0.25) is 0 Å². The molecule has 1 atom stereocenters. The Hall–Kier alpha value is -3.72. The van der Waals surface area contributed by atoms with E-state index in [-0.39, 0.29) is 22.4 Å². The summed E-state index contributed by atoms with van der Waals surface area (Å²) in [6.07, 6.45) is 2.30. The number of benzene rings is 2. The van der Waals surface area contributed by atoms with Crippen LogP contribution in [0.15, 0.2) is 64.0 Å². The van der Waals surface area contributed by atoms with E-state index in [1.165, 1.54) is 18.4 Å². The number of carboxylic acid groups (broad SMARTS) is 1. The predicted molar refractivity (Wildman–Crippen MR) is 122 cm³/mol. The Morgan fingerprint density at radius 1 is 1.15 bits per heavy atom. The first-order valence-corrected chi connectivity index (χ1v) is 12.0. The molecule has 0 saturated carbocycles. The fourth-order valence-electron chi connectivity index (χ4n) is 4.03. The number of H-pyrrole nitrogens is 1. The van der Waals surface area contributed by atoms with E-state index in [0.717, 1.165) is 12.3 Å². The third-order valence-electron chi connectivity index (χ3n) is 5.54. The number of hydrogen-bond donors (Lipinski definition) is 2. The number of rotatable bonds is 6. The minimum absolute atomic E-state index is 0.00285. The zero-order valence-electron chi connectivity index (χ0n) is 17.8. The minimum Gasteiger partial charge on any atom is -0.477 e. The summed E-state index contributed by atoms with van der Waals surface area (Å²) in [4.78, 5) is 27.1. The quantitative estimate of drug-likeness (QED) is 0.434. The average Bonchev–Trinajstić information content (AvgIpc) is 3.14. The highest BCUT2D eigenvalue weighted by molar-refractivity contribution is 7.89. The molecule has 0 saturated heterocycles. The van der Waals surface area contributed by atoms with Gasteiger partial charge in [0.15, 0.2) is 9.84 Å². The van der Waals surface area contributed by atoms with Crippen molar-refractivity contribution in [2.45, 2.75) is 18.6 Å². The Morgan fingerprint density at radius 2 is 1.88 bits per heavy atom. The summed E-state index contributed by atoms with van der Waals surface area (Å²) in [5.74, 6) is -2.84. The van der Waals surface area contributed by atoms with Gasteiger partial charge in [-0.1, -0.05) is 37.3 Å². The molecule has 0 radical (unpaired) electrons. The molecule has 9 heteroatoms.